The molecule has 2 heterocycles. The standard InChI is InChI=1S/C14H26N4S/c1-3-5-15-11-13-12-19-14(16-13)18-9-7-17(6-4-2)8-10-18/h12,15H,3-11H2,1-2H3. The van der Waals surface area contributed by atoms with Gasteiger partial charge < -0.3 is 10.2 Å². The number of anilines is 1. The van der Waals surface area contributed by atoms with E-state index in [0.717, 1.165) is 26.2 Å². The number of aromatic nitrogens is 1. The van der Waals surface area contributed by atoms with Gasteiger partial charge in [-0.2, -0.15) is 0 Å². The lowest BCUT2D eigenvalue weighted by Crippen LogP contribution is -2.46. The van der Waals surface area contributed by atoms with E-state index in [9.17, 15) is 0 Å². The van der Waals surface area contributed by atoms with Crippen molar-refractivity contribution in [1.82, 2.24) is 15.2 Å². The Morgan fingerprint density at radius 3 is 2.68 bits per heavy atom. The van der Waals surface area contributed by atoms with E-state index < -0.39 is 0 Å². The van der Waals surface area contributed by atoms with Gasteiger partial charge in [0.25, 0.3) is 0 Å². The van der Waals surface area contributed by atoms with Crippen LogP contribution in [-0.2, 0) is 6.54 Å². The second-order valence-electron chi connectivity index (χ2n) is 5.13. The highest BCUT2D eigenvalue weighted by atomic mass is 32.1. The minimum absolute atomic E-state index is 0.903. The molecule has 2 rings (SSSR count). The lowest BCUT2D eigenvalue weighted by atomic mass is 10.3. The van der Waals surface area contributed by atoms with E-state index in [1.54, 1.807) is 11.3 Å². The number of nitrogens with one attached hydrogen (secondary N) is 1. The van der Waals surface area contributed by atoms with Gasteiger partial charge in [0, 0.05) is 38.1 Å². The Balaban J connectivity index is 1.79. The van der Waals surface area contributed by atoms with Gasteiger partial charge in [0.1, 0.15) is 0 Å². The Kier molecular flexibility index (Phi) is 6.07. The summed E-state index contributed by atoms with van der Waals surface area (Å²) in [6.45, 7) is 12.2. The second kappa shape index (κ2) is 7.82. The number of hydrogen-bond donors (Lipinski definition) is 1. The summed E-state index contributed by atoms with van der Waals surface area (Å²) in [5.41, 5.74) is 1.18. The third-order valence-corrected chi connectivity index (χ3v) is 4.41. The maximum Gasteiger partial charge on any atom is 0.185 e. The fourth-order valence-corrected chi connectivity index (χ4v) is 3.27. The van der Waals surface area contributed by atoms with Gasteiger partial charge in [-0.3, -0.25) is 4.90 Å². The number of piperazine rings is 1. The first kappa shape index (κ1) is 14.8. The van der Waals surface area contributed by atoms with Crippen LogP contribution < -0.4 is 10.2 Å². The van der Waals surface area contributed by atoms with Gasteiger partial charge in [-0.1, -0.05) is 13.8 Å². The smallest absolute Gasteiger partial charge is 0.185 e. The molecule has 1 aliphatic rings. The van der Waals surface area contributed by atoms with Gasteiger partial charge in [0.05, 0.1) is 5.69 Å². The van der Waals surface area contributed by atoms with E-state index >= 15 is 0 Å². The molecule has 0 radical (unpaired) electrons. The Bertz CT molecular complexity index is 358. The third kappa shape index (κ3) is 4.44. The van der Waals surface area contributed by atoms with Gasteiger partial charge in [-0.25, -0.2) is 4.98 Å². The van der Waals surface area contributed by atoms with Gasteiger partial charge in [0.2, 0.25) is 0 Å². The van der Waals surface area contributed by atoms with Crippen LogP contribution in [0.2, 0.25) is 0 Å². The van der Waals surface area contributed by atoms with Crippen LogP contribution in [0.25, 0.3) is 0 Å². The summed E-state index contributed by atoms with van der Waals surface area (Å²) in [5.74, 6) is 0. The van der Waals surface area contributed by atoms with Gasteiger partial charge in [-0.05, 0) is 25.9 Å². The predicted octanol–water partition coefficient (Wildman–Crippen LogP) is 2.17. The minimum Gasteiger partial charge on any atom is -0.346 e. The summed E-state index contributed by atoms with van der Waals surface area (Å²) in [6, 6.07) is 0. The summed E-state index contributed by atoms with van der Waals surface area (Å²) < 4.78 is 0. The summed E-state index contributed by atoms with van der Waals surface area (Å²) in [5, 5.41) is 6.80. The number of rotatable bonds is 7. The largest absolute Gasteiger partial charge is 0.346 e. The van der Waals surface area contributed by atoms with Crippen LogP contribution in [-0.4, -0.2) is 49.2 Å². The summed E-state index contributed by atoms with van der Waals surface area (Å²) >= 11 is 1.78. The molecule has 1 aromatic rings. The van der Waals surface area contributed by atoms with E-state index in [-0.39, 0.29) is 0 Å². The van der Waals surface area contributed by atoms with Crippen LogP contribution in [0, 0.1) is 0 Å². The van der Waals surface area contributed by atoms with E-state index in [1.807, 2.05) is 0 Å². The van der Waals surface area contributed by atoms with E-state index in [1.165, 1.54) is 43.3 Å². The first-order valence-corrected chi connectivity index (χ1v) is 8.33. The van der Waals surface area contributed by atoms with Gasteiger partial charge in [-0.15, -0.1) is 11.3 Å². The number of hydrogen-bond acceptors (Lipinski definition) is 5. The normalized spacial score (nSPS) is 17.1. The molecular weight excluding hydrogens is 256 g/mol. The molecule has 5 heteroatoms. The summed E-state index contributed by atoms with van der Waals surface area (Å²) in [6.07, 6.45) is 2.43. The molecule has 19 heavy (non-hydrogen) atoms. The lowest BCUT2D eigenvalue weighted by Gasteiger charge is -2.34. The van der Waals surface area contributed by atoms with Gasteiger partial charge in [0.15, 0.2) is 5.13 Å². The zero-order chi connectivity index (χ0) is 13.5. The molecule has 108 valence electrons. The molecule has 1 saturated heterocycles. The summed E-state index contributed by atoms with van der Waals surface area (Å²) in [7, 11) is 0. The molecule has 1 fully saturated rings. The van der Waals surface area contributed by atoms with E-state index in [2.05, 4.69) is 34.3 Å². The molecule has 1 N–H and O–H groups in total. The lowest BCUT2D eigenvalue weighted by molar-refractivity contribution is 0.258. The highest BCUT2D eigenvalue weighted by Crippen LogP contribution is 2.21. The first-order chi connectivity index (χ1) is 9.33. The monoisotopic (exact) mass is 282 g/mol. The van der Waals surface area contributed by atoms with Crippen LogP contribution in [0.3, 0.4) is 0 Å². The van der Waals surface area contributed by atoms with Crippen molar-refractivity contribution in [2.24, 2.45) is 0 Å². The molecule has 4 nitrogen and oxygen atoms in total. The Hall–Kier alpha value is -0.650. The average molecular weight is 282 g/mol. The van der Waals surface area contributed by atoms with Gasteiger partial charge >= 0.3 is 0 Å². The molecule has 1 aliphatic heterocycles. The van der Waals surface area contributed by atoms with Crippen LogP contribution in [0.1, 0.15) is 32.4 Å². The first-order valence-electron chi connectivity index (χ1n) is 7.46. The minimum atomic E-state index is 0.903. The van der Waals surface area contributed by atoms with Crippen LogP contribution >= 0.6 is 11.3 Å². The zero-order valence-corrected chi connectivity index (χ0v) is 13.0. The van der Waals surface area contributed by atoms with Crippen LogP contribution in [0.15, 0.2) is 5.38 Å². The molecule has 0 saturated carbocycles. The Labute approximate surface area is 120 Å². The fraction of sp³-hybridized carbons (Fsp3) is 0.786. The Morgan fingerprint density at radius 2 is 2.00 bits per heavy atom. The number of nitrogens with zero attached hydrogens (tertiary/aromatic N) is 3. The topological polar surface area (TPSA) is 31.4 Å². The number of thiazole rings is 1. The molecule has 0 spiro atoms. The van der Waals surface area contributed by atoms with Crippen molar-refractivity contribution in [2.75, 3.05) is 44.2 Å². The van der Waals surface area contributed by atoms with Crippen molar-refractivity contribution >= 4 is 16.5 Å². The van der Waals surface area contributed by atoms with Crippen LogP contribution in [0.5, 0.6) is 0 Å². The van der Waals surface area contributed by atoms with Crippen molar-refractivity contribution in [2.45, 2.75) is 33.2 Å². The quantitative estimate of drug-likeness (QED) is 0.777. The molecule has 0 unspecified atom stereocenters. The summed E-state index contributed by atoms with van der Waals surface area (Å²) in [4.78, 5) is 9.72. The molecule has 0 bridgehead atoms. The Morgan fingerprint density at radius 1 is 1.21 bits per heavy atom. The molecule has 0 aromatic carbocycles. The third-order valence-electron chi connectivity index (χ3n) is 3.46. The molecule has 0 amide bonds. The molecule has 0 atom stereocenters. The predicted molar refractivity (Wildman–Crippen MR) is 83.1 cm³/mol. The zero-order valence-electron chi connectivity index (χ0n) is 12.2. The highest BCUT2D eigenvalue weighted by molar-refractivity contribution is 7.13. The van der Waals surface area contributed by atoms with Crippen molar-refractivity contribution in [3.05, 3.63) is 11.1 Å². The molecule has 1 aromatic heterocycles. The van der Waals surface area contributed by atoms with E-state index in [4.69, 9.17) is 4.98 Å². The maximum atomic E-state index is 4.74. The molecule has 0 aliphatic carbocycles. The van der Waals surface area contributed by atoms with Crippen molar-refractivity contribution < 1.29 is 0 Å². The maximum absolute atomic E-state index is 4.74. The average Bonchev–Trinajstić information content (AvgIpc) is 2.89. The van der Waals surface area contributed by atoms with Crippen LogP contribution in [0.4, 0.5) is 5.13 Å². The SMILES string of the molecule is CCCNCc1csc(N2CCN(CCC)CC2)n1. The van der Waals surface area contributed by atoms with Crippen molar-refractivity contribution in [3.8, 4) is 0 Å². The second-order valence-corrected chi connectivity index (χ2v) is 5.96. The van der Waals surface area contributed by atoms with E-state index in [0.29, 0.717) is 0 Å². The van der Waals surface area contributed by atoms with Crippen molar-refractivity contribution in [3.63, 3.8) is 0 Å². The fourth-order valence-electron chi connectivity index (χ4n) is 2.39. The highest BCUT2D eigenvalue weighted by Gasteiger charge is 2.18. The van der Waals surface area contributed by atoms with Crippen molar-refractivity contribution in [1.29, 1.82) is 0 Å². The molecular formula is C14H26N4S.